The van der Waals surface area contributed by atoms with Gasteiger partial charge in [-0.3, -0.25) is 0 Å². The van der Waals surface area contributed by atoms with Gasteiger partial charge in [-0.2, -0.15) is 8.42 Å². The van der Waals surface area contributed by atoms with E-state index in [1.165, 1.54) is 0 Å². The largest absolute Gasteiger partial charge is 0.477 e. The molecule has 10 heavy (non-hydrogen) atoms. The maximum atomic E-state index is 9.78. The van der Waals surface area contributed by atoms with Gasteiger partial charge in [-0.25, -0.2) is 9.59 Å². The third kappa shape index (κ3) is 1.86. The first kappa shape index (κ1) is 8.63. The lowest BCUT2D eigenvalue weighted by atomic mass is 10.4. The highest BCUT2D eigenvalue weighted by atomic mass is 32.2. The molecule has 0 aromatic carbocycles. The summed E-state index contributed by atoms with van der Waals surface area (Å²) in [5.41, 5.74) is 0. The summed E-state index contributed by atoms with van der Waals surface area (Å²) in [4.78, 5) is 18.0. The van der Waals surface area contributed by atoms with Crippen molar-refractivity contribution in [2.45, 2.75) is 0 Å². The highest BCUT2D eigenvalue weighted by molar-refractivity contribution is 7.76. The maximum absolute atomic E-state index is 9.78. The van der Waals surface area contributed by atoms with Gasteiger partial charge in [-0.1, -0.05) is 0 Å². The van der Waals surface area contributed by atoms with Crippen LogP contribution in [0.15, 0.2) is 0 Å². The highest BCUT2D eigenvalue weighted by Crippen LogP contribution is 1.73. The fourth-order valence-corrected chi connectivity index (χ4v) is 0.519. The van der Waals surface area contributed by atoms with E-state index in [4.69, 9.17) is 10.2 Å². The molecule has 0 amide bonds. The number of carboxylic acids is 2. The molecule has 0 fully saturated rings. The first-order chi connectivity index (χ1) is 4.46. The topological polar surface area (TPSA) is 109 Å². The minimum absolute atomic E-state index is 1.56. The quantitative estimate of drug-likeness (QED) is 0.370. The van der Waals surface area contributed by atoms with Crippen LogP contribution in [0.4, 0.5) is 0 Å². The molecule has 7 heteroatoms. The second kappa shape index (κ2) is 2.97. The number of hydrogen-bond donors (Lipinski definition) is 2. The van der Waals surface area contributed by atoms with Crippen molar-refractivity contribution in [2.75, 3.05) is 0 Å². The van der Waals surface area contributed by atoms with Gasteiger partial charge in [-0.05, 0) is 0 Å². The Labute approximate surface area is 56.2 Å². The minimum atomic E-state index is -3.20. The molecule has 56 valence electrons. The van der Waals surface area contributed by atoms with E-state index in [0.29, 0.717) is 0 Å². The van der Waals surface area contributed by atoms with Crippen molar-refractivity contribution < 1.29 is 28.2 Å². The van der Waals surface area contributed by atoms with Crippen LogP contribution in [0, 0.1) is 0 Å². The van der Waals surface area contributed by atoms with E-state index in [1.54, 1.807) is 0 Å². The van der Waals surface area contributed by atoms with Gasteiger partial charge in [0.15, 0.2) is 0 Å². The summed E-state index contributed by atoms with van der Waals surface area (Å²) in [5, 5.41) is 15.8. The molecule has 0 aliphatic carbocycles. The summed E-state index contributed by atoms with van der Waals surface area (Å²) in [6.45, 7) is 0. The molecule has 0 heterocycles. The molecule has 0 saturated heterocycles. The molecule has 0 atom stereocenters. The van der Waals surface area contributed by atoms with E-state index >= 15 is 0 Å². The maximum Gasteiger partial charge on any atom is 0.359 e. The standard InChI is InChI=1S/C3H2O6S/c4-2(5)1(3(6)7)10(8)9/h(H,4,5)(H,6,7). The van der Waals surface area contributed by atoms with Crippen LogP contribution in [-0.2, 0) is 19.9 Å². The van der Waals surface area contributed by atoms with Gasteiger partial charge in [0, 0.05) is 0 Å². The Kier molecular flexibility index (Phi) is 2.56. The Morgan fingerprint density at radius 2 is 1.30 bits per heavy atom. The first-order valence-electron chi connectivity index (χ1n) is 1.89. The molecule has 0 spiro atoms. The van der Waals surface area contributed by atoms with Crippen LogP contribution < -0.4 is 0 Å². The number of aliphatic carboxylic acids is 2. The third-order valence-corrected chi connectivity index (χ3v) is 1.24. The molecule has 0 aliphatic rings. The SMILES string of the molecule is O=C(O)C(C(=O)O)=S(=O)=O. The second-order valence-electron chi connectivity index (χ2n) is 1.17. The average Bonchev–Trinajstić information content (AvgIpc) is 1.59. The summed E-state index contributed by atoms with van der Waals surface area (Å²) in [6, 6.07) is 0. The van der Waals surface area contributed by atoms with Crippen LogP contribution in [0.25, 0.3) is 0 Å². The van der Waals surface area contributed by atoms with Crippen LogP contribution in [0.3, 0.4) is 0 Å². The Bertz CT molecular complexity index is 271. The van der Waals surface area contributed by atoms with Gasteiger partial charge < -0.3 is 10.2 Å². The summed E-state index contributed by atoms with van der Waals surface area (Å²) in [7, 11) is -3.20. The van der Waals surface area contributed by atoms with Gasteiger partial charge in [0.1, 0.15) is 0 Å². The predicted molar refractivity (Wildman–Crippen MR) is 29.2 cm³/mol. The van der Waals surface area contributed by atoms with E-state index < -0.39 is 27.1 Å². The molecule has 0 radical (unpaired) electrons. The number of rotatable bonds is 2. The average molecular weight is 166 g/mol. The lowest BCUT2D eigenvalue weighted by Crippen LogP contribution is -2.23. The monoisotopic (exact) mass is 166 g/mol. The van der Waals surface area contributed by atoms with Crippen molar-refractivity contribution in [3.63, 3.8) is 0 Å². The molecule has 0 aromatic heterocycles. The molecule has 0 aromatic rings. The van der Waals surface area contributed by atoms with E-state index in [0.717, 1.165) is 0 Å². The first-order valence-corrected chi connectivity index (χ1v) is 2.97. The zero-order chi connectivity index (χ0) is 8.31. The molecule has 0 rings (SSSR count). The fourth-order valence-electron chi connectivity index (χ4n) is 0.234. The number of carboxylic acid groups (broad SMARTS) is 2. The van der Waals surface area contributed by atoms with Crippen molar-refractivity contribution in [3.8, 4) is 0 Å². The molecule has 0 bridgehead atoms. The van der Waals surface area contributed by atoms with Crippen molar-refractivity contribution in [2.24, 2.45) is 0 Å². The van der Waals surface area contributed by atoms with Crippen LogP contribution in [0.1, 0.15) is 0 Å². The van der Waals surface area contributed by atoms with Gasteiger partial charge in [0.05, 0.1) is 0 Å². The molecular weight excluding hydrogens is 164 g/mol. The second-order valence-corrected chi connectivity index (χ2v) is 2.05. The Balaban J connectivity index is 5.22. The van der Waals surface area contributed by atoms with E-state index in [-0.39, 0.29) is 0 Å². The number of carbonyl (C=O) groups is 2. The van der Waals surface area contributed by atoms with Gasteiger partial charge >= 0.3 is 11.9 Å². The number of hydrogen-bond acceptors (Lipinski definition) is 4. The Morgan fingerprint density at radius 1 is 1.00 bits per heavy atom. The zero-order valence-corrected chi connectivity index (χ0v) is 5.25. The molecule has 2 N–H and O–H groups in total. The molecule has 0 unspecified atom stereocenters. The molecule has 6 nitrogen and oxygen atoms in total. The summed E-state index contributed by atoms with van der Waals surface area (Å²) in [6.07, 6.45) is 0. The van der Waals surface area contributed by atoms with Gasteiger partial charge in [0.25, 0.3) is 4.86 Å². The molecular formula is C3H2O6S. The summed E-state index contributed by atoms with van der Waals surface area (Å²) in [5.74, 6) is -3.94. The van der Waals surface area contributed by atoms with Crippen LogP contribution >= 0.6 is 0 Å². The van der Waals surface area contributed by atoms with Crippen LogP contribution in [0.2, 0.25) is 0 Å². The van der Waals surface area contributed by atoms with Crippen LogP contribution in [-0.4, -0.2) is 35.4 Å². The Hall–Kier alpha value is -1.37. The molecule has 0 saturated carbocycles. The lowest BCUT2D eigenvalue weighted by molar-refractivity contribution is -0.134. The summed E-state index contributed by atoms with van der Waals surface area (Å²) < 4.78 is 19.6. The van der Waals surface area contributed by atoms with Gasteiger partial charge in [0.2, 0.25) is 10.3 Å². The highest BCUT2D eigenvalue weighted by Gasteiger charge is 2.19. The van der Waals surface area contributed by atoms with E-state index in [2.05, 4.69) is 0 Å². The predicted octanol–water partition coefficient (Wildman–Crippen LogP) is -1.79. The summed E-state index contributed by atoms with van der Waals surface area (Å²) >= 11 is 0. The van der Waals surface area contributed by atoms with Crippen molar-refractivity contribution in [1.82, 2.24) is 0 Å². The Morgan fingerprint density at radius 3 is 1.30 bits per heavy atom. The minimum Gasteiger partial charge on any atom is -0.477 e. The van der Waals surface area contributed by atoms with E-state index in [9.17, 15) is 18.0 Å². The fraction of sp³-hybridized carbons (Fsp3) is 0. The van der Waals surface area contributed by atoms with Crippen molar-refractivity contribution in [1.29, 1.82) is 0 Å². The normalized spacial score (nSPS) is 8.40. The molecule has 0 aliphatic heterocycles. The van der Waals surface area contributed by atoms with E-state index in [1.807, 2.05) is 0 Å². The third-order valence-electron chi connectivity index (χ3n) is 0.555. The van der Waals surface area contributed by atoms with Crippen LogP contribution in [0.5, 0.6) is 0 Å². The lowest BCUT2D eigenvalue weighted by Gasteiger charge is -1.83. The van der Waals surface area contributed by atoms with Crippen molar-refractivity contribution >= 4 is 27.1 Å². The smallest absolute Gasteiger partial charge is 0.359 e. The zero-order valence-electron chi connectivity index (χ0n) is 4.44. The van der Waals surface area contributed by atoms with Crippen molar-refractivity contribution in [3.05, 3.63) is 0 Å². The van der Waals surface area contributed by atoms with Gasteiger partial charge in [-0.15, -0.1) is 0 Å².